The number of hydrogen-bond donors (Lipinski definition) is 1. The Morgan fingerprint density at radius 3 is 2.84 bits per heavy atom. The predicted octanol–water partition coefficient (Wildman–Crippen LogP) is 3.37. The van der Waals surface area contributed by atoms with Crippen molar-refractivity contribution in [2.24, 2.45) is 5.92 Å². The minimum atomic E-state index is -0.720. The molecule has 2 aromatic rings. The minimum Gasteiger partial charge on any atom is -0.494 e. The van der Waals surface area contributed by atoms with Crippen LogP contribution in [0.1, 0.15) is 37.1 Å². The van der Waals surface area contributed by atoms with Gasteiger partial charge in [-0.25, -0.2) is 0 Å². The molecule has 0 bridgehead atoms. The molecule has 2 atom stereocenters. The number of ether oxygens (including phenoxy) is 1. The first-order valence-electron chi connectivity index (χ1n) is 8.80. The van der Waals surface area contributed by atoms with E-state index in [1.807, 2.05) is 43.3 Å². The predicted molar refractivity (Wildman–Crippen MR) is 95.6 cm³/mol. The van der Waals surface area contributed by atoms with Crippen LogP contribution in [0, 0.1) is 5.92 Å². The second-order valence-electron chi connectivity index (χ2n) is 6.30. The van der Waals surface area contributed by atoms with E-state index in [2.05, 4.69) is 16.0 Å². The van der Waals surface area contributed by atoms with Crippen molar-refractivity contribution in [3.05, 3.63) is 59.9 Å². The van der Waals surface area contributed by atoms with E-state index < -0.39 is 5.97 Å². The number of rotatable bonds is 6. The maximum absolute atomic E-state index is 11.5. The van der Waals surface area contributed by atoms with Gasteiger partial charge in [-0.15, -0.1) is 0 Å². The van der Waals surface area contributed by atoms with Crippen molar-refractivity contribution in [2.75, 3.05) is 19.7 Å². The van der Waals surface area contributed by atoms with Crippen LogP contribution in [0.3, 0.4) is 0 Å². The average molecular weight is 340 g/mol. The summed E-state index contributed by atoms with van der Waals surface area (Å²) in [6, 6.07) is 13.7. The number of nitrogens with zero attached hydrogens (tertiary/aromatic N) is 2. The number of pyridine rings is 1. The van der Waals surface area contributed by atoms with E-state index in [1.165, 1.54) is 0 Å². The first kappa shape index (κ1) is 17.4. The summed E-state index contributed by atoms with van der Waals surface area (Å²) in [5.41, 5.74) is 1.95. The number of carboxylic acids is 1. The quantitative estimate of drug-likeness (QED) is 0.873. The summed E-state index contributed by atoms with van der Waals surface area (Å²) < 4.78 is 5.83. The summed E-state index contributed by atoms with van der Waals surface area (Å²) in [5.74, 6) is -0.222. The van der Waals surface area contributed by atoms with Crippen molar-refractivity contribution >= 4 is 5.97 Å². The molecule has 1 aliphatic heterocycles. The molecule has 0 spiro atoms. The lowest BCUT2D eigenvalue weighted by molar-refractivity contribution is -0.143. The number of carboxylic acid groups (broad SMARTS) is 1. The number of hydrogen-bond acceptors (Lipinski definition) is 4. The molecule has 1 aromatic heterocycles. The number of carbonyl (C=O) groups is 1. The first-order valence-corrected chi connectivity index (χ1v) is 8.80. The van der Waals surface area contributed by atoms with Gasteiger partial charge in [-0.1, -0.05) is 24.3 Å². The fraction of sp³-hybridized carbons (Fsp3) is 0.400. The van der Waals surface area contributed by atoms with Gasteiger partial charge in [0.25, 0.3) is 0 Å². The van der Waals surface area contributed by atoms with E-state index in [-0.39, 0.29) is 12.0 Å². The normalized spacial score (nSPS) is 19.3. The van der Waals surface area contributed by atoms with Gasteiger partial charge in [0, 0.05) is 18.3 Å². The highest BCUT2D eigenvalue weighted by molar-refractivity contribution is 5.70. The maximum Gasteiger partial charge on any atom is 0.307 e. The number of likely N-dealkylation sites (tertiary alicyclic amines) is 1. The number of piperidine rings is 1. The van der Waals surface area contributed by atoms with Gasteiger partial charge in [-0.2, -0.15) is 0 Å². The van der Waals surface area contributed by atoms with E-state index >= 15 is 0 Å². The zero-order valence-corrected chi connectivity index (χ0v) is 14.5. The van der Waals surface area contributed by atoms with Crippen LogP contribution in [0.25, 0.3) is 0 Å². The van der Waals surface area contributed by atoms with Crippen LogP contribution in [0.15, 0.2) is 48.7 Å². The third-order valence-corrected chi connectivity index (χ3v) is 4.65. The number of para-hydroxylation sites is 1. The molecule has 0 saturated carbocycles. The number of benzene rings is 1. The molecule has 1 saturated heterocycles. The average Bonchev–Trinajstić information content (AvgIpc) is 2.65. The molecule has 2 unspecified atom stereocenters. The second kappa shape index (κ2) is 8.12. The largest absolute Gasteiger partial charge is 0.494 e. The molecule has 2 heterocycles. The lowest BCUT2D eigenvalue weighted by Gasteiger charge is -2.37. The third kappa shape index (κ3) is 3.99. The summed E-state index contributed by atoms with van der Waals surface area (Å²) in [6.07, 6.45) is 3.38. The maximum atomic E-state index is 11.5. The summed E-state index contributed by atoms with van der Waals surface area (Å²) in [5, 5.41) is 9.45. The van der Waals surface area contributed by atoms with Crippen molar-refractivity contribution in [3.63, 3.8) is 0 Å². The van der Waals surface area contributed by atoms with Gasteiger partial charge in [0.1, 0.15) is 5.75 Å². The third-order valence-electron chi connectivity index (χ3n) is 4.65. The van der Waals surface area contributed by atoms with Gasteiger partial charge in [0.2, 0.25) is 0 Å². The topological polar surface area (TPSA) is 62.7 Å². The van der Waals surface area contributed by atoms with Crippen LogP contribution < -0.4 is 4.74 Å². The van der Waals surface area contributed by atoms with Crippen molar-refractivity contribution in [1.82, 2.24) is 9.88 Å². The summed E-state index contributed by atoms with van der Waals surface area (Å²) in [6.45, 7) is 3.93. The SMILES string of the molecule is CCOc1ccccc1C(c1ccccn1)N1CCCC(C(=O)O)C1. The van der Waals surface area contributed by atoms with Gasteiger partial charge >= 0.3 is 5.97 Å². The lowest BCUT2D eigenvalue weighted by Crippen LogP contribution is -2.41. The first-order chi connectivity index (χ1) is 12.2. The second-order valence-corrected chi connectivity index (χ2v) is 6.30. The molecular weight excluding hydrogens is 316 g/mol. The molecule has 0 aliphatic carbocycles. The van der Waals surface area contributed by atoms with Crippen LogP contribution in [-0.2, 0) is 4.79 Å². The Kier molecular flexibility index (Phi) is 5.66. The highest BCUT2D eigenvalue weighted by Gasteiger charge is 2.33. The van der Waals surface area contributed by atoms with Crippen LogP contribution >= 0.6 is 0 Å². The van der Waals surface area contributed by atoms with Crippen LogP contribution in [0.4, 0.5) is 0 Å². The molecule has 0 amide bonds. The fourth-order valence-corrected chi connectivity index (χ4v) is 3.52. The zero-order valence-electron chi connectivity index (χ0n) is 14.5. The Bertz CT molecular complexity index is 705. The molecule has 3 rings (SSSR count). The molecule has 132 valence electrons. The zero-order chi connectivity index (χ0) is 17.6. The van der Waals surface area contributed by atoms with Crippen molar-refractivity contribution in [2.45, 2.75) is 25.8 Å². The monoisotopic (exact) mass is 340 g/mol. The van der Waals surface area contributed by atoms with Gasteiger partial charge in [0.05, 0.1) is 24.3 Å². The number of aromatic nitrogens is 1. The molecule has 5 nitrogen and oxygen atoms in total. The Morgan fingerprint density at radius 1 is 1.32 bits per heavy atom. The van der Waals surface area contributed by atoms with Gasteiger partial charge in [0.15, 0.2) is 0 Å². The summed E-state index contributed by atoms with van der Waals surface area (Å²) in [7, 11) is 0. The fourth-order valence-electron chi connectivity index (χ4n) is 3.52. The summed E-state index contributed by atoms with van der Waals surface area (Å²) in [4.78, 5) is 18.3. The van der Waals surface area contributed by atoms with Gasteiger partial charge in [-0.05, 0) is 44.5 Å². The molecule has 25 heavy (non-hydrogen) atoms. The minimum absolute atomic E-state index is 0.105. The molecule has 1 aliphatic rings. The van der Waals surface area contributed by atoms with Crippen LogP contribution in [-0.4, -0.2) is 40.7 Å². The molecule has 5 heteroatoms. The lowest BCUT2D eigenvalue weighted by atomic mass is 9.93. The van der Waals surface area contributed by atoms with Crippen molar-refractivity contribution in [3.8, 4) is 5.75 Å². The van der Waals surface area contributed by atoms with E-state index in [9.17, 15) is 9.90 Å². The molecule has 1 fully saturated rings. The van der Waals surface area contributed by atoms with Crippen LogP contribution in [0.2, 0.25) is 0 Å². The van der Waals surface area contributed by atoms with Gasteiger partial charge in [-0.3, -0.25) is 14.7 Å². The highest BCUT2D eigenvalue weighted by atomic mass is 16.5. The Hall–Kier alpha value is -2.40. The van der Waals surface area contributed by atoms with E-state index in [4.69, 9.17) is 4.74 Å². The summed E-state index contributed by atoms with van der Waals surface area (Å²) >= 11 is 0. The highest BCUT2D eigenvalue weighted by Crippen LogP contribution is 2.36. The molecule has 0 radical (unpaired) electrons. The molecule has 1 N–H and O–H groups in total. The smallest absolute Gasteiger partial charge is 0.307 e. The van der Waals surface area contributed by atoms with Crippen molar-refractivity contribution in [1.29, 1.82) is 0 Å². The standard InChI is InChI=1S/C20H24N2O3/c1-2-25-18-11-4-3-9-16(18)19(17-10-5-6-12-21-17)22-13-7-8-15(14-22)20(23)24/h3-6,9-12,15,19H,2,7-8,13-14H2,1H3,(H,23,24). The van der Waals surface area contributed by atoms with E-state index in [0.29, 0.717) is 13.2 Å². The number of aliphatic carboxylic acids is 1. The molecular formula is C20H24N2O3. The van der Waals surface area contributed by atoms with Gasteiger partial charge < -0.3 is 9.84 Å². The van der Waals surface area contributed by atoms with E-state index in [0.717, 1.165) is 36.4 Å². The Labute approximate surface area is 148 Å². The van der Waals surface area contributed by atoms with Crippen molar-refractivity contribution < 1.29 is 14.6 Å². The van der Waals surface area contributed by atoms with E-state index in [1.54, 1.807) is 6.20 Å². The Morgan fingerprint density at radius 2 is 2.12 bits per heavy atom. The van der Waals surface area contributed by atoms with Crippen LogP contribution in [0.5, 0.6) is 5.75 Å². The molecule has 1 aromatic carbocycles. The Balaban J connectivity index is 2.01.